The predicted molar refractivity (Wildman–Crippen MR) is 69.9 cm³/mol. The Kier molecular flexibility index (Phi) is 3.83. The van der Waals surface area contributed by atoms with Gasteiger partial charge >= 0.3 is 0 Å². The Bertz CT molecular complexity index is 522. The van der Waals surface area contributed by atoms with Gasteiger partial charge in [-0.15, -0.1) is 14.8 Å². The first-order valence-corrected chi connectivity index (χ1v) is 6.83. The van der Waals surface area contributed by atoms with Gasteiger partial charge in [-0.2, -0.15) is 0 Å². The molecular weight excluding hydrogens is 244 g/mol. The summed E-state index contributed by atoms with van der Waals surface area (Å²) in [6.45, 7) is 1.46. The number of fused-ring (bicyclic) bond motifs is 1. The number of hydrogen-bond donors (Lipinski definition) is 1. The van der Waals surface area contributed by atoms with E-state index in [4.69, 9.17) is 4.74 Å². The monoisotopic (exact) mass is 262 g/mol. The Morgan fingerprint density at radius 3 is 3.05 bits per heavy atom. The lowest BCUT2D eigenvalue weighted by Gasteiger charge is -2.22. The minimum atomic E-state index is 0.450. The number of ether oxygens (including phenoxy) is 1. The second-order valence-corrected chi connectivity index (χ2v) is 4.80. The van der Waals surface area contributed by atoms with Crippen molar-refractivity contribution >= 4 is 11.5 Å². The number of aromatic nitrogens is 5. The quantitative estimate of drug-likeness (QED) is 0.818. The average Bonchev–Trinajstić information content (AvgIpc) is 2.92. The Morgan fingerprint density at radius 1 is 1.26 bits per heavy atom. The minimum Gasteiger partial charge on any atom is -0.376 e. The normalized spacial score (nSPS) is 16.8. The van der Waals surface area contributed by atoms with Crippen LogP contribution in [0.5, 0.6) is 0 Å². The summed E-state index contributed by atoms with van der Waals surface area (Å²) in [5.41, 5.74) is 0.643. The molecule has 0 bridgehead atoms. The van der Waals surface area contributed by atoms with E-state index in [1.807, 2.05) is 12.1 Å². The van der Waals surface area contributed by atoms with Crippen molar-refractivity contribution in [3.8, 4) is 0 Å². The first kappa shape index (κ1) is 12.3. The molecule has 0 spiro atoms. The van der Waals surface area contributed by atoms with Gasteiger partial charge in [0.1, 0.15) is 5.82 Å². The van der Waals surface area contributed by atoms with Crippen LogP contribution in [0.1, 0.15) is 32.1 Å². The van der Waals surface area contributed by atoms with E-state index in [9.17, 15) is 0 Å². The summed E-state index contributed by atoms with van der Waals surface area (Å²) in [7, 11) is 0. The molecule has 102 valence electrons. The molecule has 2 aromatic heterocycles. The fourth-order valence-corrected chi connectivity index (χ4v) is 2.38. The van der Waals surface area contributed by atoms with Crippen molar-refractivity contribution in [2.45, 2.75) is 38.2 Å². The zero-order valence-corrected chi connectivity index (χ0v) is 10.8. The average molecular weight is 262 g/mol. The van der Waals surface area contributed by atoms with Crippen LogP contribution < -0.4 is 5.32 Å². The lowest BCUT2D eigenvalue weighted by Crippen LogP contribution is -2.20. The molecule has 1 N–H and O–H groups in total. The molecule has 1 aliphatic carbocycles. The second-order valence-electron chi connectivity index (χ2n) is 4.80. The van der Waals surface area contributed by atoms with Gasteiger partial charge in [0, 0.05) is 6.54 Å². The standard InChI is InChI=1S/C12H18N6O/c1-2-4-10(5-3-1)19-9-8-13-11-6-7-12-14-16-17-18(12)15-11/h6-7,10H,1-5,8-9H2,(H,13,15). The van der Waals surface area contributed by atoms with Gasteiger partial charge in [-0.3, -0.25) is 0 Å². The molecular formula is C12H18N6O. The summed E-state index contributed by atoms with van der Waals surface area (Å²) in [4.78, 5) is 0. The minimum absolute atomic E-state index is 0.450. The van der Waals surface area contributed by atoms with Crippen LogP contribution in [0, 0.1) is 0 Å². The highest BCUT2D eigenvalue weighted by molar-refractivity contribution is 5.41. The summed E-state index contributed by atoms with van der Waals surface area (Å²) in [5.74, 6) is 0.757. The molecule has 0 aliphatic heterocycles. The van der Waals surface area contributed by atoms with Crippen LogP contribution in [-0.4, -0.2) is 44.5 Å². The molecule has 1 fully saturated rings. The van der Waals surface area contributed by atoms with E-state index in [2.05, 4.69) is 25.9 Å². The molecule has 0 radical (unpaired) electrons. The first-order valence-electron chi connectivity index (χ1n) is 6.83. The number of tetrazole rings is 1. The van der Waals surface area contributed by atoms with Gasteiger partial charge in [0.25, 0.3) is 0 Å². The topological polar surface area (TPSA) is 77.2 Å². The van der Waals surface area contributed by atoms with Crippen LogP contribution in [0.3, 0.4) is 0 Å². The molecule has 3 rings (SSSR count). The van der Waals surface area contributed by atoms with Crippen molar-refractivity contribution in [2.24, 2.45) is 0 Å². The van der Waals surface area contributed by atoms with E-state index in [1.165, 1.54) is 36.7 Å². The van der Waals surface area contributed by atoms with Crippen molar-refractivity contribution in [1.29, 1.82) is 0 Å². The molecule has 0 saturated heterocycles. The number of nitrogens with one attached hydrogen (secondary N) is 1. The van der Waals surface area contributed by atoms with E-state index in [0.717, 1.165) is 12.4 Å². The van der Waals surface area contributed by atoms with Crippen molar-refractivity contribution in [3.63, 3.8) is 0 Å². The third-order valence-electron chi connectivity index (χ3n) is 3.38. The van der Waals surface area contributed by atoms with Gasteiger partial charge in [-0.1, -0.05) is 19.3 Å². The summed E-state index contributed by atoms with van der Waals surface area (Å²) < 4.78 is 7.25. The largest absolute Gasteiger partial charge is 0.376 e. The smallest absolute Gasteiger partial charge is 0.200 e. The zero-order chi connectivity index (χ0) is 12.9. The van der Waals surface area contributed by atoms with E-state index < -0.39 is 0 Å². The van der Waals surface area contributed by atoms with Crippen LogP contribution >= 0.6 is 0 Å². The second kappa shape index (κ2) is 5.92. The summed E-state index contributed by atoms with van der Waals surface area (Å²) in [6, 6.07) is 3.70. The Hall–Kier alpha value is -1.76. The summed E-state index contributed by atoms with van der Waals surface area (Å²) in [5, 5.41) is 18.6. The van der Waals surface area contributed by atoms with Gasteiger partial charge in [0.15, 0.2) is 5.65 Å². The van der Waals surface area contributed by atoms with E-state index in [0.29, 0.717) is 18.4 Å². The lowest BCUT2D eigenvalue weighted by molar-refractivity contribution is 0.0347. The van der Waals surface area contributed by atoms with Gasteiger partial charge in [-0.25, -0.2) is 0 Å². The Labute approximate surface area is 111 Å². The zero-order valence-electron chi connectivity index (χ0n) is 10.8. The van der Waals surface area contributed by atoms with Crippen LogP contribution in [-0.2, 0) is 4.74 Å². The molecule has 7 nitrogen and oxygen atoms in total. The molecule has 1 aliphatic rings. The van der Waals surface area contributed by atoms with Gasteiger partial charge < -0.3 is 10.1 Å². The molecule has 2 aromatic rings. The molecule has 19 heavy (non-hydrogen) atoms. The maximum Gasteiger partial charge on any atom is 0.200 e. The number of rotatable bonds is 5. The highest BCUT2D eigenvalue weighted by Crippen LogP contribution is 2.19. The van der Waals surface area contributed by atoms with Gasteiger partial charge in [0.05, 0.1) is 12.7 Å². The van der Waals surface area contributed by atoms with Crippen molar-refractivity contribution < 1.29 is 4.74 Å². The summed E-state index contributed by atoms with van der Waals surface area (Å²) >= 11 is 0. The van der Waals surface area contributed by atoms with Crippen molar-refractivity contribution in [2.75, 3.05) is 18.5 Å². The van der Waals surface area contributed by atoms with Gasteiger partial charge in [0.2, 0.25) is 0 Å². The summed E-state index contributed by atoms with van der Waals surface area (Å²) in [6.07, 6.45) is 6.81. The molecule has 1 saturated carbocycles. The van der Waals surface area contributed by atoms with Crippen LogP contribution in [0.4, 0.5) is 5.82 Å². The SMILES string of the molecule is c1cc2nnnn2nc1NCCOC1CCCCC1. The molecule has 0 amide bonds. The van der Waals surface area contributed by atoms with Gasteiger partial charge in [-0.05, 0) is 35.4 Å². The lowest BCUT2D eigenvalue weighted by atomic mass is 9.98. The van der Waals surface area contributed by atoms with Crippen LogP contribution in [0.15, 0.2) is 12.1 Å². The number of hydrogen-bond acceptors (Lipinski definition) is 6. The highest BCUT2D eigenvalue weighted by atomic mass is 16.5. The maximum atomic E-state index is 5.84. The van der Waals surface area contributed by atoms with Crippen molar-refractivity contribution in [1.82, 2.24) is 25.3 Å². The van der Waals surface area contributed by atoms with E-state index >= 15 is 0 Å². The fourth-order valence-electron chi connectivity index (χ4n) is 2.38. The molecule has 0 aromatic carbocycles. The van der Waals surface area contributed by atoms with E-state index in [-0.39, 0.29) is 0 Å². The molecule has 7 heteroatoms. The number of anilines is 1. The van der Waals surface area contributed by atoms with Crippen molar-refractivity contribution in [3.05, 3.63) is 12.1 Å². The number of nitrogens with zero attached hydrogens (tertiary/aromatic N) is 5. The Morgan fingerprint density at radius 2 is 2.16 bits per heavy atom. The third-order valence-corrected chi connectivity index (χ3v) is 3.38. The Balaban J connectivity index is 1.43. The van der Waals surface area contributed by atoms with Crippen LogP contribution in [0.25, 0.3) is 5.65 Å². The third kappa shape index (κ3) is 3.17. The van der Waals surface area contributed by atoms with E-state index in [1.54, 1.807) is 0 Å². The predicted octanol–water partition coefficient (Wildman–Crippen LogP) is 1.28. The first-order chi connectivity index (χ1) is 9.42. The highest BCUT2D eigenvalue weighted by Gasteiger charge is 2.13. The molecule has 2 heterocycles. The maximum absolute atomic E-state index is 5.84. The molecule has 0 unspecified atom stereocenters. The molecule has 0 atom stereocenters. The fraction of sp³-hybridized carbons (Fsp3) is 0.667. The van der Waals surface area contributed by atoms with Crippen LogP contribution in [0.2, 0.25) is 0 Å².